The lowest BCUT2D eigenvalue weighted by atomic mass is 10.1. The molecule has 0 saturated carbocycles. The summed E-state index contributed by atoms with van der Waals surface area (Å²) in [5.74, 6) is -0.0781. The normalized spacial score (nSPS) is 11.0. The number of thiazole rings is 1. The fourth-order valence-electron chi connectivity index (χ4n) is 2.20. The predicted molar refractivity (Wildman–Crippen MR) is 99.6 cm³/mol. The average Bonchev–Trinajstić information content (AvgIpc) is 3.08. The zero-order valence-corrected chi connectivity index (χ0v) is 16.6. The molecule has 0 spiro atoms. The van der Waals surface area contributed by atoms with Crippen LogP contribution in [0.1, 0.15) is 53.4 Å². The molecule has 0 aliphatic carbocycles. The first-order valence-corrected chi connectivity index (χ1v) is 9.75. The van der Waals surface area contributed by atoms with Crippen LogP contribution in [0.15, 0.2) is 5.16 Å². The number of H-pyrrole nitrogens is 1. The summed E-state index contributed by atoms with van der Waals surface area (Å²) in [7, 11) is 0. The van der Waals surface area contributed by atoms with Crippen molar-refractivity contribution < 1.29 is 14.3 Å². The zero-order valence-electron chi connectivity index (χ0n) is 14.9. The van der Waals surface area contributed by atoms with Crippen LogP contribution in [0.4, 0.5) is 5.13 Å². The van der Waals surface area contributed by atoms with E-state index >= 15 is 0 Å². The highest BCUT2D eigenvalue weighted by Gasteiger charge is 2.18. The Bertz CT molecular complexity index is 768. The minimum atomic E-state index is -0.417. The van der Waals surface area contributed by atoms with Gasteiger partial charge >= 0.3 is 5.97 Å². The first-order chi connectivity index (χ1) is 11.8. The summed E-state index contributed by atoms with van der Waals surface area (Å²) in [5.41, 5.74) is 2.58. The van der Waals surface area contributed by atoms with Crippen molar-refractivity contribution in [2.75, 3.05) is 17.7 Å². The molecular formula is C16H22N4O3S2. The van der Waals surface area contributed by atoms with Gasteiger partial charge in [0.15, 0.2) is 10.3 Å². The maximum atomic E-state index is 12.1. The van der Waals surface area contributed by atoms with E-state index < -0.39 is 5.97 Å². The number of rotatable bonds is 7. The largest absolute Gasteiger partial charge is 0.462 e. The van der Waals surface area contributed by atoms with Gasteiger partial charge in [-0.15, -0.1) is 0 Å². The van der Waals surface area contributed by atoms with Crippen LogP contribution in [0.3, 0.4) is 0 Å². The summed E-state index contributed by atoms with van der Waals surface area (Å²) in [4.78, 5) is 36.2. The van der Waals surface area contributed by atoms with E-state index in [0.717, 1.165) is 27.9 Å². The van der Waals surface area contributed by atoms with Crippen LogP contribution in [0.25, 0.3) is 0 Å². The van der Waals surface area contributed by atoms with Crippen LogP contribution in [-0.4, -0.2) is 39.2 Å². The number of imidazole rings is 1. The minimum absolute atomic E-state index is 0.200. The molecule has 9 heteroatoms. The second-order valence-corrected chi connectivity index (χ2v) is 7.66. The fourth-order valence-corrected chi connectivity index (χ4v) is 3.81. The van der Waals surface area contributed by atoms with Gasteiger partial charge < -0.3 is 15.0 Å². The molecule has 0 atom stereocenters. The molecule has 0 aromatic carbocycles. The Kier molecular flexibility index (Phi) is 6.60. The summed E-state index contributed by atoms with van der Waals surface area (Å²) < 4.78 is 4.97. The number of nitrogens with one attached hydrogen (secondary N) is 2. The molecule has 25 heavy (non-hydrogen) atoms. The van der Waals surface area contributed by atoms with E-state index in [2.05, 4.69) is 34.1 Å². The second kappa shape index (κ2) is 8.48. The molecule has 2 rings (SSSR count). The third-order valence-corrected chi connectivity index (χ3v) is 5.22. The highest BCUT2D eigenvalue weighted by Crippen LogP contribution is 2.25. The van der Waals surface area contributed by atoms with Gasteiger partial charge in [-0.1, -0.05) is 36.9 Å². The zero-order chi connectivity index (χ0) is 18.6. The number of anilines is 1. The second-order valence-electron chi connectivity index (χ2n) is 5.70. The molecule has 0 fully saturated rings. The van der Waals surface area contributed by atoms with Gasteiger partial charge in [0.25, 0.3) is 0 Å². The lowest BCUT2D eigenvalue weighted by molar-refractivity contribution is -0.113. The number of carbonyl (C=O) groups excluding carboxylic acids is 2. The van der Waals surface area contributed by atoms with E-state index in [9.17, 15) is 9.59 Å². The standard InChI is InChI=1S/C16H22N4O3S2/c1-6-23-14(22)13-10(5)18-16(25-13)19-11(21)7-24-15-17-9(4)12(20-15)8(2)3/h8H,6-7H2,1-5H3,(H,17,20)(H,18,19,21). The van der Waals surface area contributed by atoms with Gasteiger partial charge in [-0.25, -0.2) is 14.8 Å². The Morgan fingerprint density at radius 1 is 1.32 bits per heavy atom. The smallest absolute Gasteiger partial charge is 0.350 e. The van der Waals surface area contributed by atoms with Crippen molar-refractivity contribution in [1.29, 1.82) is 0 Å². The maximum absolute atomic E-state index is 12.1. The number of nitrogens with zero attached hydrogens (tertiary/aromatic N) is 2. The Labute approximate surface area is 155 Å². The molecular weight excluding hydrogens is 360 g/mol. The van der Waals surface area contributed by atoms with Crippen molar-refractivity contribution in [1.82, 2.24) is 15.0 Å². The number of esters is 1. The molecule has 0 radical (unpaired) electrons. The van der Waals surface area contributed by atoms with Crippen molar-refractivity contribution in [3.05, 3.63) is 22.0 Å². The van der Waals surface area contributed by atoms with Gasteiger partial charge in [-0.3, -0.25) is 4.79 Å². The summed E-state index contributed by atoms with van der Waals surface area (Å²) in [6, 6.07) is 0. The molecule has 0 saturated heterocycles. The average molecular weight is 383 g/mol. The van der Waals surface area contributed by atoms with Crippen molar-refractivity contribution in [2.24, 2.45) is 0 Å². The van der Waals surface area contributed by atoms with E-state index in [1.807, 2.05) is 6.92 Å². The van der Waals surface area contributed by atoms with Crippen molar-refractivity contribution >= 4 is 40.1 Å². The van der Waals surface area contributed by atoms with Crippen molar-refractivity contribution in [2.45, 2.75) is 45.7 Å². The molecule has 0 unspecified atom stereocenters. The van der Waals surface area contributed by atoms with Crippen LogP contribution in [0.5, 0.6) is 0 Å². The first-order valence-electron chi connectivity index (χ1n) is 7.95. The van der Waals surface area contributed by atoms with Crippen LogP contribution in [0, 0.1) is 13.8 Å². The quantitative estimate of drug-likeness (QED) is 0.562. The van der Waals surface area contributed by atoms with Crippen LogP contribution >= 0.6 is 23.1 Å². The van der Waals surface area contributed by atoms with Gasteiger partial charge in [0, 0.05) is 5.69 Å². The number of carbonyl (C=O) groups is 2. The lowest BCUT2D eigenvalue weighted by Crippen LogP contribution is -2.13. The molecule has 0 bridgehead atoms. The molecule has 0 aliphatic rings. The Morgan fingerprint density at radius 2 is 2.04 bits per heavy atom. The highest BCUT2D eigenvalue weighted by atomic mass is 32.2. The predicted octanol–water partition coefficient (Wildman–Crippen LogP) is 3.51. The number of aryl methyl sites for hydroxylation is 2. The van der Waals surface area contributed by atoms with Gasteiger partial charge in [-0.05, 0) is 26.7 Å². The van der Waals surface area contributed by atoms with Crippen LogP contribution in [-0.2, 0) is 9.53 Å². The Hall–Kier alpha value is -1.87. The fraction of sp³-hybridized carbons (Fsp3) is 0.500. The van der Waals surface area contributed by atoms with Crippen LogP contribution in [0.2, 0.25) is 0 Å². The van der Waals surface area contributed by atoms with Crippen molar-refractivity contribution in [3.8, 4) is 0 Å². The monoisotopic (exact) mass is 382 g/mol. The van der Waals surface area contributed by atoms with E-state index in [4.69, 9.17) is 4.74 Å². The van der Waals surface area contributed by atoms with E-state index in [1.165, 1.54) is 11.8 Å². The minimum Gasteiger partial charge on any atom is -0.462 e. The number of ether oxygens (including phenoxy) is 1. The van der Waals surface area contributed by atoms with E-state index in [-0.39, 0.29) is 11.7 Å². The molecule has 2 N–H and O–H groups in total. The van der Waals surface area contributed by atoms with E-state index in [0.29, 0.717) is 28.2 Å². The SMILES string of the molecule is CCOC(=O)c1sc(NC(=O)CSc2nc(C(C)C)c(C)[nH]2)nc1C. The third-order valence-electron chi connectivity index (χ3n) is 3.29. The number of amides is 1. The number of thioether (sulfide) groups is 1. The summed E-state index contributed by atoms with van der Waals surface area (Å²) >= 11 is 2.45. The van der Waals surface area contributed by atoms with Gasteiger partial charge in [0.1, 0.15) is 4.88 Å². The van der Waals surface area contributed by atoms with Crippen LogP contribution < -0.4 is 5.32 Å². The summed E-state index contributed by atoms with van der Waals surface area (Å²) in [6.45, 7) is 9.89. The number of hydrogen-bond donors (Lipinski definition) is 2. The number of aromatic nitrogens is 3. The summed E-state index contributed by atoms with van der Waals surface area (Å²) in [6.07, 6.45) is 0. The van der Waals surface area contributed by atoms with Crippen molar-refractivity contribution in [3.63, 3.8) is 0 Å². The van der Waals surface area contributed by atoms with Gasteiger partial charge in [0.05, 0.1) is 23.7 Å². The first kappa shape index (κ1) is 19.5. The summed E-state index contributed by atoms with van der Waals surface area (Å²) in [5, 5.41) is 3.83. The topological polar surface area (TPSA) is 97.0 Å². The molecule has 0 aliphatic heterocycles. The lowest BCUT2D eigenvalue weighted by Gasteiger charge is -2.00. The molecule has 2 aromatic heterocycles. The third kappa shape index (κ3) is 5.05. The molecule has 136 valence electrons. The maximum Gasteiger partial charge on any atom is 0.350 e. The van der Waals surface area contributed by atoms with E-state index in [1.54, 1.807) is 13.8 Å². The number of hydrogen-bond acceptors (Lipinski definition) is 7. The molecule has 2 heterocycles. The Morgan fingerprint density at radius 3 is 2.64 bits per heavy atom. The highest BCUT2D eigenvalue weighted by molar-refractivity contribution is 7.99. The molecule has 7 nitrogen and oxygen atoms in total. The van der Waals surface area contributed by atoms with Gasteiger partial charge in [-0.2, -0.15) is 0 Å². The molecule has 1 amide bonds. The molecule has 2 aromatic rings. The number of aromatic amines is 1. The Balaban J connectivity index is 1.93. The van der Waals surface area contributed by atoms with Gasteiger partial charge in [0.2, 0.25) is 5.91 Å².